The van der Waals surface area contributed by atoms with Crippen molar-refractivity contribution < 1.29 is 0 Å². The number of rotatable bonds is 1. The van der Waals surface area contributed by atoms with Crippen molar-refractivity contribution in [2.45, 2.75) is 6.92 Å². The highest BCUT2D eigenvalue weighted by Gasteiger charge is 2.05. The van der Waals surface area contributed by atoms with E-state index in [0.717, 1.165) is 5.69 Å². The molecule has 0 aliphatic rings. The molecule has 0 fully saturated rings. The fraction of sp³-hybridized carbons (Fsp3) is 0.100. The lowest BCUT2D eigenvalue weighted by atomic mass is 10.2. The summed E-state index contributed by atoms with van der Waals surface area (Å²) in [7, 11) is 0. The van der Waals surface area contributed by atoms with Crippen LogP contribution in [-0.2, 0) is 0 Å². The van der Waals surface area contributed by atoms with E-state index < -0.39 is 0 Å². The van der Waals surface area contributed by atoms with Gasteiger partial charge in [0.05, 0.1) is 10.7 Å². The monoisotopic (exact) mass is 205 g/mol. The van der Waals surface area contributed by atoms with E-state index in [2.05, 4.69) is 15.2 Å². The van der Waals surface area contributed by atoms with E-state index >= 15 is 0 Å². The molecule has 0 unspecified atom stereocenters. The second-order valence-corrected chi connectivity index (χ2v) is 3.30. The van der Waals surface area contributed by atoms with Crippen LogP contribution in [0.15, 0.2) is 30.5 Å². The molecule has 14 heavy (non-hydrogen) atoms. The van der Waals surface area contributed by atoms with Crippen molar-refractivity contribution in [1.82, 2.24) is 15.2 Å². The molecule has 0 bridgehead atoms. The van der Waals surface area contributed by atoms with Crippen LogP contribution >= 0.6 is 11.6 Å². The zero-order valence-corrected chi connectivity index (χ0v) is 8.36. The van der Waals surface area contributed by atoms with Crippen molar-refractivity contribution in [3.05, 3.63) is 41.2 Å². The van der Waals surface area contributed by atoms with Crippen LogP contribution in [0.3, 0.4) is 0 Å². The van der Waals surface area contributed by atoms with Gasteiger partial charge in [0.15, 0.2) is 0 Å². The fourth-order valence-corrected chi connectivity index (χ4v) is 1.32. The topological polar surface area (TPSA) is 38.7 Å². The first-order valence-electron chi connectivity index (χ1n) is 4.18. The van der Waals surface area contributed by atoms with Gasteiger partial charge in [-0.2, -0.15) is 5.10 Å². The molecule has 0 atom stereocenters. The number of nitrogens with zero attached hydrogens (tertiary/aromatic N) is 3. The van der Waals surface area contributed by atoms with Crippen molar-refractivity contribution in [2.24, 2.45) is 0 Å². The highest BCUT2D eigenvalue weighted by atomic mass is 35.5. The minimum Gasteiger partial charge on any atom is -0.253 e. The molecule has 0 N–H and O–H groups in total. The highest BCUT2D eigenvalue weighted by molar-refractivity contribution is 6.32. The molecule has 0 radical (unpaired) electrons. The van der Waals surface area contributed by atoms with E-state index in [1.54, 1.807) is 18.3 Å². The third kappa shape index (κ3) is 1.72. The standard InChI is InChI=1S/C10H8ClN3/c1-7-4-5-9(14-13-7)10-8(11)3-2-6-12-10/h2-6H,1H3. The van der Waals surface area contributed by atoms with Crippen LogP contribution in [0.4, 0.5) is 0 Å². The molecule has 2 heterocycles. The summed E-state index contributed by atoms with van der Waals surface area (Å²) >= 11 is 5.97. The van der Waals surface area contributed by atoms with E-state index in [4.69, 9.17) is 11.6 Å². The Balaban J connectivity index is 2.50. The maximum absolute atomic E-state index is 5.97. The van der Waals surface area contributed by atoms with E-state index in [0.29, 0.717) is 16.4 Å². The molecule has 0 saturated carbocycles. The Morgan fingerprint density at radius 1 is 1.14 bits per heavy atom. The van der Waals surface area contributed by atoms with Gasteiger partial charge < -0.3 is 0 Å². The molecule has 2 rings (SSSR count). The summed E-state index contributed by atoms with van der Waals surface area (Å²) < 4.78 is 0. The molecule has 2 aromatic rings. The summed E-state index contributed by atoms with van der Waals surface area (Å²) in [5, 5.41) is 8.55. The molecule has 0 aliphatic heterocycles. The predicted octanol–water partition coefficient (Wildman–Crippen LogP) is 2.50. The van der Waals surface area contributed by atoms with Crippen molar-refractivity contribution in [3.63, 3.8) is 0 Å². The lowest BCUT2D eigenvalue weighted by molar-refractivity contribution is 0.981. The second kappa shape index (κ2) is 3.72. The Morgan fingerprint density at radius 2 is 2.00 bits per heavy atom. The second-order valence-electron chi connectivity index (χ2n) is 2.89. The number of hydrogen-bond donors (Lipinski definition) is 0. The molecule has 0 saturated heterocycles. The molecule has 0 aliphatic carbocycles. The maximum atomic E-state index is 5.97. The molecule has 70 valence electrons. The van der Waals surface area contributed by atoms with Crippen molar-refractivity contribution in [3.8, 4) is 11.4 Å². The van der Waals surface area contributed by atoms with Crippen LogP contribution in [0.1, 0.15) is 5.69 Å². The zero-order chi connectivity index (χ0) is 9.97. The van der Waals surface area contributed by atoms with Gasteiger partial charge in [-0.15, -0.1) is 5.10 Å². The summed E-state index contributed by atoms with van der Waals surface area (Å²) in [5.41, 5.74) is 2.24. The van der Waals surface area contributed by atoms with Crippen LogP contribution in [-0.4, -0.2) is 15.2 Å². The SMILES string of the molecule is Cc1ccc(-c2ncccc2Cl)nn1. The van der Waals surface area contributed by atoms with Crippen LogP contribution < -0.4 is 0 Å². The third-order valence-electron chi connectivity index (χ3n) is 1.80. The smallest absolute Gasteiger partial charge is 0.113 e. The Labute approximate surface area is 86.8 Å². The van der Waals surface area contributed by atoms with Gasteiger partial charge in [-0.1, -0.05) is 11.6 Å². The Kier molecular flexibility index (Phi) is 2.41. The first kappa shape index (κ1) is 9.09. The summed E-state index contributed by atoms with van der Waals surface area (Å²) in [6, 6.07) is 7.31. The maximum Gasteiger partial charge on any atom is 0.113 e. The van der Waals surface area contributed by atoms with Gasteiger partial charge in [-0.05, 0) is 31.2 Å². The fourth-order valence-electron chi connectivity index (χ4n) is 1.10. The Bertz CT molecular complexity index is 439. The van der Waals surface area contributed by atoms with Gasteiger partial charge >= 0.3 is 0 Å². The van der Waals surface area contributed by atoms with Crippen molar-refractivity contribution >= 4 is 11.6 Å². The van der Waals surface area contributed by atoms with Crippen molar-refractivity contribution in [1.29, 1.82) is 0 Å². The lowest BCUT2D eigenvalue weighted by Crippen LogP contribution is -1.92. The molecular formula is C10H8ClN3. The average molecular weight is 206 g/mol. The van der Waals surface area contributed by atoms with Gasteiger partial charge in [0.1, 0.15) is 11.4 Å². The highest BCUT2D eigenvalue weighted by Crippen LogP contribution is 2.22. The molecular weight excluding hydrogens is 198 g/mol. The molecule has 0 amide bonds. The summed E-state index contributed by atoms with van der Waals surface area (Å²) in [6.45, 7) is 1.89. The van der Waals surface area contributed by atoms with Crippen LogP contribution in [0, 0.1) is 6.92 Å². The number of aryl methyl sites for hydroxylation is 1. The van der Waals surface area contributed by atoms with E-state index in [-0.39, 0.29) is 0 Å². The van der Waals surface area contributed by atoms with Crippen LogP contribution in [0.2, 0.25) is 5.02 Å². The van der Waals surface area contributed by atoms with Gasteiger partial charge in [0, 0.05) is 6.20 Å². The Hall–Kier alpha value is -1.48. The Morgan fingerprint density at radius 3 is 2.64 bits per heavy atom. The van der Waals surface area contributed by atoms with Crippen LogP contribution in [0.5, 0.6) is 0 Å². The summed E-state index contributed by atoms with van der Waals surface area (Å²) in [5.74, 6) is 0. The minimum atomic E-state index is 0.589. The average Bonchev–Trinajstić information content (AvgIpc) is 2.20. The molecule has 4 heteroatoms. The molecule has 3 nitrogen and oxygen atoms in total. The molecule has 0 aromatic carbocycles. The first-order valence-corrected chi connectivity index (χ1v) is 4.56. The minimum absolute atomic E-state index is 0.589. The van der Waals surface area contributed by atoms with Crippen LogP contribution in [0.25, 0.3) is 11.4 Å². The largest absolute Gasteiger partial charge is 0.253 e. The predicted molar refractivity (Wildman–Crippen MR) is 55.0 cm³/mol. The van der Waals surface area contributed by atoms with Gasteiger partial charge in [-0.3, -0.25) is 4.98 Å². The number of hydrogen-bond acceptors (Lipinski definition) is 3. The van der Waals surface area contributed by atoms with E-state index in [9.17, 15) is 0 Å². The van der Waals surface area contributed by atoms with Gasteiger partial charge in [-0.25, -0.2) is 0 Å². The quantitative estimate of drug-likeness (QED) is 0.718. The summed E-state index contributed by atoms with van der Waals surface area (Å²) in [6.07, 6.45) is 1.68. The number of pyridine rings is 1. The van der Waals surface area contributed by atoms with Gasteiger partial charge in [0.25, 0.3) is 0 Å². The first-order chi connectivity index (χ1) is 6.77. The van der Waals surface area contributed by atoms with Crippen molar-refractivity contribution in [2.75, 3.05) is 0 Å². The van der Waals surface area contributed by atoms with Gasteiger partial charge in [0.2, 0.25) is 0 Å². The number of aromatic nitrogens is 3. The molecule has 2 aromatic heterocycles. The van der Waals surface area contributed by atoms with E-state index in [1.165, 1.54) is 0 Å². The lowest BCUT2D eigenvalue weighted by Gasteiger charge is -2.00. The van der Waals surface area contributed by atoms with E-state index in [1.807, 2.05) is 19.1 Å². The zero-order valence-electron chi connectivity index (χ0n) is 7.61. The normalized spacial score (nSPS) is 10.1. The molecule has 0 spiro atoms. The number of halogens is 1. The summed E-state index contributed by atoms with van der Waals surface area (Å²) in [4.78, 5) is 4.14. The third-order valence-corrected chi connectivity index (χ3v) is 2.10.